The molecule has 2 N–H and O–H groups in total. The Labute approximate surface area is 144 Å². The first-order valence-corrected chi connectivity index (χ1v) is 9.27. The van der Waals surface area contributed by atoms with Crippen LogP contribution in [-0.2, 0) is 27.8 Å². The quantitative estimate of drug-likeness (QED) is 0.723. The van der Waals surface area contributed by atoms with E-state index in [2.05, 4.69) is 9.71 Å². The van der Waals surface area contributed by atoms with Crippen molar-refractivity contribution in [2.75, 3.05) is 4.72 Å². The van der Waals surface area contributed by atoms with Crippen LogP contribution in [0.4, 0.5) is 5.69 Å². The van der Waals surface area contributed by atoms with E-state index < -0.39 is 16.0 Å². The van der Waals surface area contributed by atoms with Crippen LogP contribution in [0.5, 0.6) is 0 Å². The molecule has 1 aromatic heterocycles. The van der Waals surface area contributed by atoms with E-state index in [1.807, 2.05) is 0 Å². The molecule has 0 saturated carbocycles. The van der Waals surface area contributed by atoms with Crippen molar-refractivity contribution in [1.82, 2.24) is 9.55 Å². The first-order chi connectivity index (χ1) is 11.9. The molecule has 9 heteroatoms. The number of ketones is 1. The van der Waals surface area contributed by atoms with Gasteiger partial charge in [0.15, 0.2) is 10.8 Å². The second-order valence-electron chi connectivity index (χ2n) is 5.77. The van der Waals surface area contributed by atoms with Crippen LogP contribution in [0, 0.1) is 0 Å². The number of Topliss-reactive ketones (excluding diaryl/α,β-unsaturated/α-hetero) is 1. The molecule has 0 aliphatic carbocycles. The highest BCUT2D eigenvalue weighted by atomic mass is 32.2. The van der Waals surface area contributed by atoms with E-state index in [1.165, 1.54) is 24.4 Å². The van der Waals surface area contributed by atoms with Gasteiger partial charge in [-0.1, -0.05) is 12.1 Å². The zero-order chi connectivity index (χ0) is 18.0. The predicted molar refractivity (Wildman–Crippen MR) is 89.0 cm³/mol. The summed E-state index contributed by atoms with van der Waals surface area (Å²) in [7, 11) is -3.82. The number of imidazole rings is 1. The second kappa shape index (κ2) is 6.67. The molecule has 0 atom stereocenters. The highest BCUT2D eigenvalue weighted by molar-refractivity contribution is 7.92. The highest BCUT2D eigenvalue weighted by Gasteiger charge is 2.25. The normalized spacial score (nSPS) is 13.4. The third-order valence-electron chi connectivity index (χ3n) is 3.96. The summed E-state index contributed by atoms with van der Waals surface area (Å²) in [6.45, 7) is 0.610. The average molecular weight is 363 g/mol. The number of nitrogens with zero attached hydrogens (tertiary/aromatic N) is 2. The van der Waals surface area contributed by atoms with Crippen LogP contribution in [0.2, 0.25) is 0 Å². The fourth-order valence-corrected chi connectivity index (χ4v) is 3.99. The van der Waals surface area contributed by atoms with Gasteiger partial charge < -0.3 is 9.67 Å². The maximum atomic E-state index is 12.6. The fraction of sp³-hybridized carbons (Fsp3) is 0.312. The summed E-state index contributed by atoms with van der Waals surface area (Å²) in [5, 5.41) is 8.75. The van der Waals surface area contributed by atoms with Crippen molar-refractivity contribution in [3.05, 3.63) is 41.9 Å². The molecule has 25 heavy (non-hydrogen) atoms. The third-order valence-corrected chi connectivity index (χ3v) is 5.34. The van der Waals surface area contributed by atoms with Crippen LogP contribution in [-0.4, -0.2) is 34.8 Å². The average Bonchev–Trinajstić information content (AvgIpc) is 3.15. The zero-order valence-corrected chi connectivity index (χ0v) is 14.1. The van der Waals surface area contributed by atoms with Gasteiger partial charge in [0.25, 0.3) is 10.0 Å². The molecule has 1 aromatic carbocycles. The number of nitrogens with one attached hydrogen (secondary N) is 1. The van der Waals surface area contributed by atoms with E-state index in [9.17, 15) is 18.0 Å². The van der Waals surface area contributed by atoms with Crippen molar-refractivity contribution in [3.63, 3.8) is 0 Å². The Kier molecular flexibility index (Phi) is 4.58. The standard InChI is InChI=1S/C16H17N3O5S/c20-13(6-7-16(21)22)11-3-1-4-12(9-11)18-25(23,24)15-10-17-14-5-2-8-19(14)15/h1,3-4,9-10,18H,2,5-8H2,(H,21,22). The van der Waals surface area contributed by atoms with Gasteiger partial charge in [-0.05, 0) is 18.6 Å². The van der Waals surface area contributed by atoms with Gasteiger partial charge in [-0.2, -0.15) is 8.42 Å². The lowest BCUT2D eigenvalue weighted by molar-refractivity contribution is -0.136. The lowest BCUT2D eigenvalue weighted by Gasteiger charge is -2.10. The van der Waals surface area contributed by atoms with Crippen LogP contribution < -0.4 is 4.72 Å². The van der Waals surface area contributed by atoms with E-state index in [0.29, 0.717) is 6.54 Å². The number of aryl methyl sites for hydroxylation is 1. The van der Waals surface area contributed by atoms with Gasteiger partial charge in [-0.3, -0.25) is 14.3 Å². The number of hydrogen-bond donors (Lipinski definition) is 2. The van der Waals surface area contributed by atoms with Gasteiger partial charge in [0, 0.05) is 30.6 Å². The molecule has 0 spiro atoms. The number of fused-ring (bicyclic) bond motifs is 1. The number of carboxylic acids is 1. The molecule has 0 bridgehead atoms. The Morgan fingerprint density at radius 1 is 1.28 bits per heavy atom. The van der Waals surface area contributed by atoms with Crippen LogP contribution >= 0.6 is 0 Å². The number of aromatic nitrogens is 2. The van der Waals surface area contributed by atoms with E-state index in [1.54, 1.807) is 10.6 Å². The SMILES string of the molecule is O=C(O)CCC(=O)c1cccc(NS(=O)(=O)c2cnc3n2CCC3)c1. The summed E-state index contributed by atoms with van der Waals surface area (Å²) in [5.74, 6) is -0.661. The predicted octanol–water partition coefficient (Wildman–Crippen LogP) is 1.68. The molecule has 2 heterocycles. The van der Waals surface area contributed by atoms with Gasteiger partial charge >= 0.3 is 5.97 Å². The van der Waals surface area contributed by atoms with E-state index in [4.69, 9.17) is 5.11 Å². The number of hydrogen-bond acceptors (Lipinski definition) is 5. The number of carboxylic acid groups (broad SMARTS) is 1. The first-order valence-electron chi connectivity index (χ1n) is 7.79. The summed E-state index contributed by atoms with van der Waals surface area (Å²) in [6, 6.07) is 6.01. The Morgan fingerprint density at radius 3 is 2.84 bits per heavy atom. The van der Waals surface area contributed by atoms with Crippen molar-refractivity contribution >= 4 is 27.5 Å². The Hall–Kier alpha value is -2.68. The van der Waals surface area contributed by atoms with Crippen LogP contribution in [0.15, 0.2) is 35.5 Å². The molecule has 0 saturated heterocycles. The maximum Gasteiger partial charge on any atom is 0.303 e. The number of anilines is 1. The van der Waals surface area contributed by atoms with Crippen molar-refractivity contribution in [1.29, 1.82) is 0 Å². The van der Waals surface area contributed by atoms with Gasteiger partial charge in [-0.15, -0.1) is 0 Å². The Morgan fingerprint density at radius 2 is 2.08 bits per heavy atom. The smallest absolute Gasteiger partial charge is 0.303 e. The molecule has 0 fully saturated rings. The number of benzene rings is 1. The van der Waals surface area contributed by atoms with E-state index in [-0.39, 0.29) is 34.9 Å². The molecule has 8 nitrogen and oxygen atoms in total. The summed E-state index contributed by atoms with van der Waals surface area (Å²) in [4.78, 5) is 26.7. The van der Waals surface area contributed by atoms with Gasteiger partial charge in [0.05, 0.1) is 12.6 Å². The van der Waals surface area contributed by atoms with Crippen molar-refractivity contribution in [3.8, 4) is 0 Å². The molecular formula is C16H17N3O5S. The molecule has 0 radical (unpaired) electrons. The molecule has 3 rings (SSSR count). The van der Waals surface area contributed by atoms with E-state index >= 15 is 0 Å². The maximum absolute atomic E-state index is 12.6. The molecule has 0 unspecified atom stereocenters. The largest absolute Gasteiger partial charge is 0.481 e. The van der Waals surface area contributed by atoms with Gasteiger partial charge in [0.2, 0.25) is 0 Å². The van der Waals surface area contributed by atoms with Crippen LogP contribution in [0.3, 0.4) is 0 Å². The number of carbonyl (C=O) groups excluding carboxylic acids is 1. The number of carbonyl (C=O) groups is 2. The molecular weight excluding hydrogens is 346 g/mol. The summed E-state index contributed by atoms with van der Waals surface area (Å²) >= 11 is 0. The molecule has 0 amide bonds. The summed E-state index contributed by atoms with van der Waals surface area (Å²) in [6.07, 6.45) is 2.54. The zero-order valence-electron chi connectivity index (χ0n) is 13.3. The van der Waals surface area contributed by atoms with Crippen LogP contribution in [0.1, 0.15) is 35.4 Å². The molecule has 132 valence electrons. The highest BCUT2D eigenvalue weighted by Crippen LogP contribution is 2.23. The number of rotatable bonds is 7. The Bertz CT molecular complexity index is 933. The lowest BCUT2D eigenvalue weighted by Crippen LogP contribution is -2.17. The molecule has 1 aliphatic heterocycles. The molecule has 2 aromatic rings. The summed E-state index contributed by atoms with van der Waals surface area (Å²) in [5.41, 5.74) is 0.509. The van der Waals surface area contributed by atoms with Crippen molar-refractivity contribution in [2.24, 2.45) is 0 Å². The van der Waals surface area contributed by atoms with Gasteiger partial charge in [0.1, 0.15) is 5.82 Å². The second-order valence-corrected chi connectivity index (χ2v) is 7.40. The minimum Gasteiger partial charge on any atom is -0.481 e. The van der Waals surface area contributed by atoms with Crippen molar-refractivity contribution in [2.45, 2.75) is 37.3 Å². The van der Waals surface area contributed by atoms with Crippen LogP contribution in [0.25, 0.3) is 0 Å². The monoisotopic (exact) mass is 363 g/mol. The minimum atomic E-state index is -3.82. The third kappa shape index (κ3) is 3.71. The topological polar surface area (TPSA) is 118 Å². The lowest BCUT2D eigenvalue weighted by atomic mass is 10.1. The van der Waals surface area contributed by atoms with Gasteiger partial charge in [-0.25, -0.2) is 4.98 Å². The Balaban J connectivity index is 1.79. The fourth-order valence-electron chi connectivity index (χ4n) is 2.77. The van der Waals surface area contributed by atoms with E-state index in [0.717, 1.165) is 18.7 Å². The minimum absolute atomic E-state index is 0.0996. The first kappa shape index (κ1) is 17.2. The summed E-state index contributed by atoms with van der Waals surface area (Å²) < 4.78 is 29.3. The van der Waals surface area contributed by atoms with Crippen molar-refractivity contribution < 1.29 is 23.1 Å². The number of sulfonamides is 1. The molecule has 1 aliphatic rings. The number of aliphatic carboxylic acids is 1.